The standard InChI is InChI=1S/C11H18F2O3S/c1-17(15,16)8-2-3-10(14)9-4-6-11(12,13)7-5-9/h9H,2-8H2,1H3. The average molecular weight is 268 g/mol. The van der Waals surface area contributed by atoms with E-state index in [-0.39, 0.29) is 49.6 Å². The third kappa shape index (κ3) is 5.57. The van der Waals surface area contributed by atoms with Gasteiger partial charge in [0, 0.05) is 31.4 Å². The van der Waals surface area contributed by atoms with Crippen LogP contribution in [0.3, 0.4) is 0 Å². The number of carbonyl (C=O) groups excluding carboxylic acids is 1. The van der Waals surface area contributed by atoms with E-state index in [1.165, 1.54) is 0 Å². The van der Waals surface area contributed by atoms with Gasteiger partial charge in [0.15, 0.2) is 0 Å². The molecule has 1 saturated carbocycles. The Morgan fingerprint density at radius 2 is 1.82 bits per heavy atom. The van der Waals surface area contributed by atoms with Crippen LogP contribution in [0.1, 0.15) is 38.5 Å². The zero-order chi connectivity index (χ0) is 13.1. The molecule has 0 unspecified atom stereocenters. The molecule has 0 bridgehead atoms. The van der Waals surface area contributed by atoms with Gasteiger partial charge in [-0.1, -0.05) is 0 Å². The first-order valence-electron chi connectivity index (χ1n) is 5.78. The van der Waals surface area contributed by atoms with E-state index in [0.29, 0.717) is 6.42 Å². The molecule has 0 amide bonds. The Balaban J connectivity index is 2.30. The second-order valence-corrected chi connectivity index (χ2v) is 7.09. The van der Waals surface area contributed by atoms with Gasteiger partial charge in [-0.2, -0.15) is 0 Å². The van der Waals surface area contributed by atoms with E-state index in [4.69, 9.17) is 0 Å². The molecule has 0 atom stereocenters. The minimum Gasteiger partial charge on any atom is -0.299 e. The van der Waals surface area contributed by atoms with Gasteiger partial charge < -0.3 is 0 Å². The largest absolute Gasteiger partial charge is 0.299 e. The SMILES string of the molecule is CS(=O)(=O)CCCC(=O)C1CCC(F)(F)CC1. The lowest BCUT2D eigenvalue weighted by atomic mass is 9.83. The summed E-state index contributed by atoms with van der Waals surface area (Å²) in [6, 6.07) is 0. The van der Waals surface area contributed by atoms with Crippen LogP contribution in [-0.2, 0) is 14.6 Å². The zero-order valence-electron chi connectivity index (χ0n) is 9.92. The highest BCUT2D eigenvalue weighted by molar-refractivity contribution is 7.90. The molecule has 0 heterocycles. The monoisotopic (exact) mass is 268 g/mol. The smallest absolute Gasteiger partial charge is 0.248 e. The fourth-order valence-electron chi connectivity index (χ4n) is 2.07. The number of hydrogen-bond donors (Lipinski definition) is 0. The molecule has 1 fully saturated rings. The van der Waals surface area contributed by atoms with Gasteiger partial charge in [0.25, 0.3) is 0 Å². The number of rotatable bonds is 5. The van der Waals surface area contributed by atoms with Gasteiger partial charge in [0.2, 0.25) is 5.92 Å². The van der Waals surface area contributed by atoms with Crippen LogP contribution in [0.25, 0.3) is 0 Å². The van der Waals surface area contributed by atoms with Crippen molar-refractivity contribution in [1.82, 2.24) is 0 Å². The van der Waals surface area contributed by atoms with Gasteiger partial charge in [-0.25, -0.2) is 17.2 Å². The van der Waals surface area contributed by atoms with Crippen LogP contribution in [0.15, 0.2) is 0 Å². The Morgan fingerprint density at radius 1 is 1.29 bits per heavy atom. The van der Waals surface area contributed by atoms with Crippen molar-refractivity contribution in [3.8, 4) is 0 Å². The van der Waals surface area contributed by atoms with E-state index in [1.807, 2.05) is 0 Å². The Hall–Kier alpha value is -0.520. The van der Waals surface area contributed by atoms with Gasteiger partial charge in [-0.15, -0.1) is 0 Å². The Kier molecular flexibility index (Phi) is 4.63. The van der Waals surface area contributed by atoms with Crippen molar-refractivity contribution in [1.29, 1.82) is 0 Å². The first kappa shape index (κ1) is 14.5. The summed E-state index contributed by atoms with van der Waals surface area (Å²) in [4.78, 5) is 11.7. The minimum atomic E-state index is -3.04. The highest BCUT2D eigenvalue weighted by Crippen LogP contribution is 2.36. The van der Waals surface area contributed by atoms with Crippen LogP contribution in [-0.4, -0.2) is 32.1 Å². The van der Waals surface area contributed by atoms with Crippen molar-refractivity contribution in [3.63, 3.8) is 0 Å². The predicted octanol–water partition coefficient (Wildman–Crippen LogP) is 2.21. The molecule has 1 rings (SSSR count). The Bertz CT molecular complexity index is 366. The van der Waals surface area contributed by atoms with Crippen LogP contribution in [0.2, 0.25) is 0 Å². The van der Waals surface area contributed by atoms with Crippen molar-refractivity contribution in [2.24, 2.45) is 5.92 Å². The lowest BCUT2D eigenvalue weighted by Gasteiger charge is -2.27. The zero-order valence-corrected chi connectivity index (χ0v) is 10.7. The summed E-state index contributed by atoms with van der Waals surface area (Å²) in [7, 11) is -3.04. The van der Waals surface area contributed by atoms with Crippen molar-refractivity contribution in [2.75, 3.05) is 12.0 Å². The molecule has 0 aliphatic heterocycles. The van der Waals surface area contributed by atoms with Crippen LogP contribution < -0.4 is 0 Å². The number of carbonyl (C=O) groups is 1. The molecule has 100 valence electrons. The number of alkyl halides is 2. The fraction of sp³-hybridized carbons (Fsp3) is 0.909. The molecule has 1 aliphatic carbocycles. The molecular formula is C11H18F2O3S. The predicted molar refractivity (Wildman–Crippen MR) is 60.9 cm³/mol. The van der Waals surface area contributed by atoms with Gasteiger partial charge >= 0.3 is 0 Å². The van der Waals surface area contributed by atoms with Crippen LogP contribution >= 0.6 is 0 Å². The lowest BCUT2D eigenvalue weighted by Crippen LogP contribution is -2.28. The molecule has 0 saturated heterocycles. The van der Waals surface area contributed by atoms with E-state index in [1.54, 1.807) is 0 Å². The number of ketones is 1. The first-order chi connectivity index (χ1) is 7.70. The second-order valence-electron chi connectivity index (χ2n) is 4.83. The molecule has 0 N–H and O–H groups in total. The molecule has 0 aromatic rings. The van der Waals surface area contributed by atoms with E-state index in [9.17, 15) is 22.0 Å². The fourth-order valence-corrected chi connectivity index (χ4v) is 2.74. The molecular weight excluding hydrogens is 250 g/mol. The Labute approximate surface area is 101 Å². The van der Waals surface area contributed by atoms with E-state index >= 15 is 0 Å². The normalized spacial score (nSPS) is 21.4. The maximum atomic E-state index is 12.9. The van der Waals surface area contributed by atoms with Gasteiger partial charge in [0.1, 0.15) is 15.6 Å². The van der Waals surface area contributed by atoms with Crippen molar-refractivity contribution >= 4 is 15.6 Å². The van der Waals surface area contributed by atoms with Crippen molar-refractivity contribution < 1.29 is 22.0 Å². The highest BCUT2D eigenvalue weighted by Gasteiger charge is 2.36. The summed E-state index contributed by atoms with van der Waals surface area (Å²) < 4.78 is 47.4. The summed E-state index contributed by atoms with van der Waals surface area (Å²) in [6.45, 7) is 0. The van der Waals surface area contributed by atoms with Crippen LogP contribution in [0.5, 0.6) is 0 Å². The molecule has 1 aliphatic rings. The maximum Gasteiger partial charge on any atom is 0.248 e. The molecule has 6 heteroatoms. The summed E-state index contributed by atoms with van der Waals surface area (Å²) >= 11 is 0. The summed E-state index contributed by atoms with van der Waals surface area (Å²) in [5, 5.41) is 0. The molecule has 3 nitrogen and oxygen atoms in total. The maximum absolute atomic E-state index is 12.9. The van der Waals surface area contributed by atoms with Crippen LogP contribution in [0.4, 0.5) is 8.78 Å². The van der Waals surface area contributed by atoms with E-state index < -0.39 is 15.8 Å². The summed E-state index contributed by atoms with van der Waals surface area (Å²) in [6.07, 6.45) is 1.60. The number of hydrogen-bond acceptors (Lipinski definition) is 3. The number of halogens is 2. The van der Waals surface area contributed by atoms with Gasteiger partial charge in [-0.05, 0) is 19.3 Å². The first-order valence-corrected chi connectivity index (χ1v) is 7.84. The Morgan fingerprint density at radius 3 is 2.29 bits per heavy atom. The van der Waals surface area contributed by atoms with Crippen molar-refractivity contribution in [2.45, 2.75) is 44.4 Å². The summed E-state index contributed by atoms with van der Waals surface area (Å²) in [5.41, 5.74) is 0. The van der Waals surface area contributed by atoms with E-state index in [2.05, 4.69) is 0 Å². The minimum absolute atomic E-state index is 0.0123. The van der Waals surface area contributed by atoms with E-state index in [0.717, 1.165) is 6.26 Å². The van der Waals surface area contributed by atoms with Gasteiger partial charge in [0.05, 0.1) is 5.75 Å². The summed E-state index contributed by atoms with van der Waals surface area (Å²) in [5.74, 6) is -3.00. The second kappa shape index (κ2) is 5.42. The number of sulfone groups is 1. The third-order valence-corrected chi connectivity index (χ3v) is 4.14. The quantitative estimate of drug-likeness (QED) is 0.768. The molecule has 0 aromatic carbocycles. The van der Waals surface area contributed by atoms with Crippen LogP contribution in [0, 0.1) is 5.92 Å². The van der Waals surface area contributed by atoms with Gasteiger partial charge in [-0.3, -0.25) is 4.79 Å². The third-order valence-electron chi connectivity index (χ3n) is 3.11. The number of Topliss-reactive ketones (excluding diaryl/α,β-unsaturated/α-hetero) is 1. The topological polar surface area (TPSA) is 51.2 Å². The molecule has 17 heavy (non-hydrogen) atoms. The average Bonchev–Trinajstić information content (AvgIpc) is 2.15. The molecule has 0 spiro atoms. The molecule has 0 radical (unpaired) electrons. The lowest BCUT2D eigenvalue weighted by molar-refractivity contribution is -0.127. The molecule has 0 aromatic heterocycles. The highest BCUT2D eigenvalue weighted by atomic mass is 32.2. The van der Waals surface area contributed by atoms with Crippen molar-refractivity contribution in [3.05, 3.63) is 0 Å².